The Kier molecular flexibility index (Phi) is 5.56. The van der Waals surface area contributed by atoms with Crippen molar-refractivity contribution in [3.05, 3.63) is 83.9 Å². The van der Waals surface area contributed by atoms with Crippen LogP contribution >= 0.6 is 0 Å². The Morgan fingerprint density at radius 2 is 1.62 bits per heavy atom. The minimum atomic E-state index is -4.19. The maximum atomic E-state index is 12.6. The molecule has 0 aliphatic carbocycles. The van der Waals surface area contributed by atoms with Gasteiger partial charge in [0.1, 0.15) is 11.4 Å². The first-order valence-electron chi connectivity index (χ1n) is 8.42. The van der Waals surface area contributed by atoms with Gasteiger partial charge in [-0.3, -0.25) is 9.52 Å². The average Bonchev–Trinajstić information content (AvgIpc) is 2.71. The Balaban J connectivity index is 1.98. The van der Waals surface area contributed by atoms with E-state index < -0.39 is 21.5 Å². The lowest BCUT2D eigenvalue weighted by molar-refractivity contribution is 0.104. The zero-order valence-electron chi connectivity index (χ0n) is 15.0. The van der Waals surface area contributed by atoms with E-state index in [1.54, 1.807) is 30.3 Å². The van der Waals surface area contributed by atoms with Crippen LogP contribution in [0.1, 0.15) is 15.9 Å². The van der Waals surface area contributed by atoms with E-state index in [4.69, 9.17) is 0 Å². The Labute approximate surface area is 167 Å². The molecule has 0 unspecified atom stereocenters. The molecule has 0 aliphatic rings. The van der Waals surface area contributed by atoms with Crippen LogP contribution in [0, 0.1) is 0 Å². The zero-order valence-corrected chi connectivity index (χ0v) is 15.8. The third-order valence-electron chi connectivity index (χ3n) is 4.03. The number of phenolic OH excluding ortho intramolecular Hbond substituents is 3. The number of ketones is 1. The topological polar surface area (TPSA) is 124 Å². The molecule has 0 heterocycles. The van der Waals surface area contributed by atoms with Crippen LogP contribution in [-0.4, -0.2) is 29.5 Å². The molecule has 0 amide bonds. The van der Waals surface area contributed by atoms with Gasteiger partial charge in [-0.1, -0.05) is 36.4 Å². The Bertz CT molecular complexity index is 1190. The second kappa shape index (κ2) is 8.07. The molecule has 0 fully saturated rings. The van der Waals surface area contributed by atoms with Crippen LogP contribution < -0.4 is 4.72 Å². The second-order valence-electron chi connectivity index (χ2n) is 6.06. The molecule has 0 saturated heterocycles. The normalized spacial score (nSPS) is 11.4. The van der Waals surface area contributed by atoms with Gasteiger partial charge in [-0.05, 0) is 36.4 Å². The summed E-state index contributed by atoms with van der Waals surface area (Å²) in [5, 5.41) is 29.5. The van der Waals surface area contributed by atoms with Crippen molar-refractivity contribution >= 4 is 27.6 Å². The molecule has 3 aromatic rings. The number of hydrogen-bond donors (Lipinski definition) is 4. The highest BCUT2D eigenvalue weighted by atomic mass is 32.2. The fraction of sp³-hybridized carbons (Fsp3) is 0. The van der Waals surface area contributed by atoms with Crippen molar-refractivity contribution in [2.45, 2.75) is 4.90 Å². The average molecular weight is 411 g/mol. The van der Waals surface area contributed by atoms with E-state index in [9.17, 15) is 28.5 Å². The van der Waals surface area contributed by atoms with Gasteiger partial charge in [0.15, 0.2) is 17.3 Å². The molecule has 0 radical (unpaired) electrons. The smallest absolute Gasteiger partial charge is 0.262 e. The minimum Gasteiger partial charge on any atom is -0.508 e. The highest BCUT2D eigenvalue weighted by molar-refractivity contribution is 7.92. The van der Waals surface area contributed by atoms with Gasteiger partial charge >= 0.3 is 0 Å². The summed E-state index contributed by atoms with van der Waals surface area (Å²) in [6, 6.07) is 15.9. The molecule has 8 heteroatoms. The molecular formula is C21H17NO6S. The predicted octanol–water partition coefficient (Wildman–Crippen LogP) is 3.50. The molecule has 4 N–H and O–H groups in total. The summed E-state index contributed by atoms with van der Waals surface area (Å²) in [7, 11) is -4.19. The number of phenols is 3. The monoisotopic (exact) mass is 411 g/mol. The first-order chi connectivity index (χ1) is 13.8. The maximum Gasteiger partial charge on any atom is 0.262 e. The highest BCUT2D eigenvalue weighted by Crippen LogP contribution is 2.38. The van der Waals surface area contributed by atoms with Gasteiger partial charge in [-0.2, -0.15) is 0 Å². The number of benzene rings is 3. The number of hydrogen-bond acceptors (Lipinski definition) is 6. The third kappa shape index (κ3) is 4.56. The van der Waals surface area contributed by atoms with Crippen LogP contribution in [0.3, 0.4) is 0 Å². The van der Waals surface area contributed by atoms with Gasteiger partial charge in [-0.25, -0.2) is 8.42 Å². The molecule has 29 heavy (non-hydrogen) atoms. The summed E-state index contributed by atoms with van der Waals surface area (Å²) >= 11 is 0. The van der Waals surface area contributed by atoms with Crippen LogP contribution in [0.4, 0.5) is 5.69 Å². The molecular weight excluding hydrogens is 394 g/mol. The Morgan fingerprint density at radius 1 is 0.897 bits per heavy atom. The van der Waals surface area contributed by atoms with Crippen molar-refractivity contribution in [3.63, 3.8) is 0 Å². The van der Waals surface area contributed by atoms with E-state index in [2.05, 4.69) is 4.72 Å². The fourth-order valence-electron chi connectivity index (χ4n) is 2.55. The molecule has 148 valence electrons. The van der Waals surface area contributed by atoms with Gasteiger partial charge in [0.2, 0.25) is 0 Å². The van der Waals surface area contributed by atoms with Crippen molar-refractivity contribution in [2.24, 2.45) is 0 Å². The highest BCUT2D eigenvalue weighted by Gasteiger charge is 2.20. The lowest BCUT2D eigenvalue weighted by Gasteiger charge is -2.13. The number of nitrogens with one attached hydrogen (secondary N) is 1. The third-order valence-corrected chi connectivity index (χ3v) is 5.37. The summed E-state index contributed by atoms with van der Waals surface area (Å²) in [6.07, 6.45) is 2.56. The summed E-state index contributed by atoms with van der Waals surface area (Å²) in [5.41, 5.74) is 0.299. The molecule has 0 aliphatic heterocycles. The van der Waals surface area contributed by atoms with E-state index in [-0.39, 0.29) is 27.7 Å². The van der Waals surface area contributed by atoms with Crippen LogP contribution in [0.5, 0.6) is 17.2 Å². The molecule has 0 bridgehead atoms. The fourth-order valence-corrected chi connectivity index (χ4v) is 3.68. The minimum absolute atomic E-state index is 0.160. The number of allylic oxidation sites excluding steroid dienone is 1. The van der Waals surface area contributed by atoms with E-state index in [1.807, 2.05) is 0 Å². The zero-order chi connectivity index (χ0) is 21.0. The number of carbonyl (C=O) groups is 1. The Morgan fingerprint density at radius 3 is 2.31 bits per heavy atom. The van der Waals surface area contributed by atoms with Crippen LogP contribution in [0.15, 0.2) is 77.7 Å². The number of anilines is 1. The van der Waals surface area contributed by atoms with Crippen molar-refractivity contribution in [2.75, 3.05) is 4.72 Å². The largest absolute Gasteiger partial charge is 0.508 e. The summed E-state index contributed by atoms with van der Waals surface area (Å²) in [5.74, 6) is -1.80. The van der Waals surface area contributed by atoms with E-state index in [1.165, 1.54) is 42.5 Å². The molecule has 0 atom stereocenters. The lowest BCUT2D eigenvalue weighted by atomic mass is 10.1. The van der Waals surface area contributed by atoms with Gasteiger partial charge < -0.3 is 15.3 Å². The number of carbonyl (C=O) groups excluding carboxylic acids is 1. The van der Waals surface area contributed by atoms with Gasteiger partial charge in [0.25, 0.3) is 10.0 Å². The molecule has 0 spiro atoms. The van der Waals surface area contributed by atoms with Crippen LogP contribution in [-0.2, 0) is 10.0 Å². The van der Waals surface area contributed by atoms with Gasteiger partial charge in [0, 0.05) is 17.2 Å². The molecule has 7 nitrogen and oxygen atoms in total. The van der Waals surface area contributed by atoms with Crippen molar-refractivity contribution < 1.29 is 28.5 Å². The lowest BCUT2D eigenvalue weighted by Crippen LogP contribution is -2.14. The van der Waals surface area contributed by atoms with Gasteiger partial charge in [-0.15, -0.1) is 0 Å². The summed E-state index contributed by atoms with van der Waals surface area (Å²) < 4.78 is 27.4. The number of aromatic hydroxyl groups is 3. The van der Waals surface area contributed by atoms with Crippen LogP contribution in [0.25, 0.3) is 6.08 Å². The van der Waals surface area contributed by atoms with Crippen molar-refractivity contribution in [1.82, 2.24) is 0 Å². The van der Waals surface area contributed by atoms with E-state index >= 15 is 0 Å². The van der Waals surface area contributed by atoms with Crippen LogP contribution in [0.2, 0.25) is 0 Å². The van der Waals surface area contributed by atoms with Gasteiger partial charge in [0.05, 0.1) is 4.90 Å². The Hall–Kier alpha value is -3.78. The molecule has 3 aromatic carbocycles. The van der Waals surface area contributed by atoms with Crippen molar-refractivity contribution in [1.29, 1.82) is 0 Å². The van der Waals surface area contributed by atoms with Crippen molar-refractivity contribution in [3.8, 4) is 17.2 Å². The number of rotatable bonds is 6. The quantitative estimate of drug-likeness (QED) is 0.280. The molecule has 0 saturated carbocycles. The predicted molar refractivity (Wildman–Crippen MR) is 108 cm³/mol. The maximum absolute atomic E-state index is 12.6. The summed E-state index contributed by atoms with van der Waals surface area (Å²) in [6.45, 7) is 0. The number of sulfonamides is 1. The first kappa shape index (κ1) is 20.0. The molecule has 3 rings (SSSR count). The summed E-state index contributed by atoms with van der Waals surface area (Å²) in [4.78, 5) is 12.0. The molecule has 0 aromatic heterocycles. The van der Waals surface area contributed by atoms with E-state index in [0.717, 1.165) is 6.07 Å². The second-order valence-corrected chi connectivity index (χ2v) is 7.75. The SMILES string of the molecule is O=C(C=Cc1ccc(O)c(O)c1NS(=O)(=O)c1cccc(O)c1)c1ccccc1. The van der Waals surface area contributed by atoms with E-state index in [0.29, 0.717) is 5.56 Å². The standard InChI is InChI=1S/C21H17NO6S/c23-16-7-4-8-17(13-16)29(27,28)22-20-15(10-12-19(25)21(20)26)9-11-18(24)14-5-2-1-3-6-14/h1-13,22-23,25-26H. The first-order valence-corrected chi connectivity index (χ1v) is 9.90.